The van der Waals surface area contributed by atoms with Gasteiger partial charge in [-0.15, -0.1) is 10.2 Å². The van der Waals surface area contributed by atoms with Crippen molar-refractivity contribution in [3.63, 3.8) is 0 Å². The summed E-state index contributed by atoms with van der Waals surface area (Å²) in [6, 6.07) is 10.1. The van der Waals surface area contributed by atoms with E-state index in [4.69, 9.17) is 9.47 Å². The number of morpholine rings is 1. The van der Waals surface area contributed by atoms with Gasteiger partial charge in [0.2, 0.25) is 15.9 Å². The zero-order valence-corrected chi connectivity index (χ0v) is 19.9. The number of hydrogen-bond acceptors (Lipinski definition) is 8. The normalized spacial score (nSPS) is 15.1. The minimum atomic E-state index is -3.72. The first kappa shape index (κ1) is 23.5. The van der Waals surface area contributed by atoms with Crippen LogP contribution in [0.1, 0.15) is 13.8 Å². The van der Waals surface area contributed by atoms with Gasteiger partial charge in [0.15, 0.2) is 10.8 Å². The molecule has 1 fully saturated rings. The van der Waals surface area contributed by atoms with Crippen LogP contribution in [0.15, 0.2) is 52.6 Å². The largest absolute Gasteiger partial charge is 0.489 e. The molecule has 176 valence electrons. The van der Waals surface area contributed by atoms with Crippen molar-refractivity contribution >= 4 is 39.0 Å². The van der Waals surface area contributed by atoms with E-state index in [2.05, 4.69) is 15.5 Å². The number of amides is 1. The average molecular weight is 492 g/mol. The molecule has 1 aromatic carbocycles. The highest BCUT2D eigenvalue weighted by atomic mass is 32.2. The first-order valence-electron chi connectivity index (χ1n) is 10.5. The molecule has 10 nitrogen and oxygen atoms in total. The summed E-state index contributed by atoms with van der Waals surface area (Å²) in [5, 5.41) is 11.6. The third kappa shape index (κ3) is 5.46. The number of aromatic nitrogens is 3. The minimum Gasteiger partial charge on any atom is -0.489 e. The number of ether oxygens (including phenoxy) is 2. The lowest BCUT2D eigenvalue weighted by Crippen LogP contribution is -2.40. The molecule has 0 unspecified atom stereocenters. The van der Waals surface area contributed by atoms with Crippen molar-refractivity contribution < 1.29 is 22.7 Å². The Bertz CT molecular complexity index is 1240. The fourth-order valence-corrected chi connectivity index (χ4v) is 5.45. The topological polar surface area (TPSA) is 115 Å². The van der Waals surface area contributed by atoms with Crippen molar-refractivity contribution in [3.05, 3.63) is 42.6 Å². The number of nitrogens with one attached hydrogen (secondary N) is 1. The number of carbonyl (C=O) groups is 1. The number of sulfonamides is 1. The Hall–Kier alpha value is -2.67. The lowest BCUT2D eigenvalue weighted by Gasteiger charge is -2.26. The smallest absolute Gasteiger partial charge is 0.243 e. The van der Waals surface area contributed by atoms with Gasteiger partial charge in [-0.3, -0.25) is 9.20 Å². The van der Waals surface area contributed by atoms with Crippen molar-refractivity contribution in [2.45, 2.75) is 30.0 Å². The van der Waals surface area contributed by atoms with Gasteiger partial charge in [-0.25, -0.2) is 8.42 Å². The lowest BCUT2D eigenvalue weighted by atomic mass is 10.3. The van der Waals surface area contributed by atoms with E-state index >= 15 is 0 Å². The van der Waals surface area contributed by atoms with E-state index in [1.165, 1.54) is 28.2 Å². The highest BCUT2D eigenvalue weighted by Gasteiger charge is 2.27. The molecule has 1 aliphatic rings. The van der Waals surface area contributed by atoms with Crippen LogP contribution in [-0.4, -0.2) is 71.4 Å². The summed E-state index contributed by atoms with van der Waals surface area (Å²) in [7, 11) is -3.72. The highest BCUT2D eigenvalue weighted by molar-refractivity contribution is 7.99. The molecule has 3 aromatic rings. The van der Waals surface area contributed by atoms with E-state index < -0.39 is 10.0 Å². The summed E-state index contributed by atoms with van der Waals surface area (Å²) in [5.41, 5.74) is 0.990. The number of thioether (sulfide) groups is 1. The third-order valence-corrected chi connectivity index (χ3v) is 7.65. The summed E-state index contributed by atoms with van der Waals surface area (Å²) >= 11 is 1.23. The number of rotatable bonds is 8. The Balaban J connectivity index is 1.52. The van der Waals surface area contributed by atoms with Crippen LogP contribution in [0, 0.1) is 0 Å². The monoisotopic (exact) mass is 491 g/mol. The van der Waals surface area contributed by atoms with Crippen LogP contribution >= 0.6 is 11.8 Å². The molecule has 1 N–H and O–H groups in total. The van der Waals surface area contributed by atoms with Crippen molar-refractivity contribution in [3.8, 4) is 5.75 Å². The molecule has 4 rings (SSSR count). The molecule has 0 spiro atoms. The van der Waals surface area contributed by atoms with E-state index in [0.29, 0.717) is 35.5 Å². The number of fused-ring (bicyclic) bond motifs is 1. The molecule has 0 bridgehead atoms. The van der Waals surface area contributed by atoms with Gasteiger partial charge in [0, 0.05) is 19.3 Å². The number of pyridine rings is 1. The molecule has 0 radical (unpaired) electrons. The second-order valence-electron chi connectivity index (χ2n) is 7.59. The summed E-state index contributed by atoms with van der Waals surface area (Å²) < 4.78 is 40.3. The molecular weight excluding hydrogens is 466 g/mol. The fraction of sp³-hybridized carbons (Fsp3) is 0.381. The van der Waals surface area contributed by atoms with Crippen molar-refractivity contribution in [2.24, 2.45) is 0 Å². The molecule has 0 saturated carbocycles. The first-order valence-corrected chi connectivity index (χ1v) is 12.9. The number of hydrogen-bond donors (Lipinski definition) is 1. The lowest BCUT2D eigenvalue weighted by molar-refractivity contribution is -0.113. The molecule has 3 heterocycles. The summed E-state index contributed by atoms with van der Waals surface area (Å²) in [4.78, 5) is 12.8. The maximum atomic E-state index is 13.1. The van der Waals surface area contributed by atoms with E-state index in [0.717, 1.165) is 0 Å². The number of nitrogens with zero attached hydrogens (tertiary/aromatic N) is 4. The quantitative estimate of drug-likeness (QED) is 0.477. The molecular formula is C21H25N5O5S2. The van der Waals surface area contributed by atoms with Crippen LogP contribution in [0.25, 0.3) is 5.65 Å². The third-order valence-electron chi connectivity index (χ3n) is 4.81. The number of anilines is 1. The summed E-state index contributed by atoms with van der Waals surface area (Å²) in [6.07, 6.45) is 1.67. The van der Waals surface area contributed by atoms with E-state index in [1.807, 2.05) is 38.2 Å². The molecule has 1 amide bonds. The Morgan fingerprint density at radius 3 is 2.76 bits per heavy atom. The Morgan fingerprint density at radius 2 is 2.00 bits per heavy atom. The second-order valence-corrected chi connectivity index (χ2v) is 10.5. The van der Waals surface area contributed by atoms with Crippen molar-refractivity contribution in [1.29, 1.82) is 0 Å². The van der Waals surface area contributed by atoms with E-state index in [1.54, 1.807) is 10.5 Å². The maximum absolute atomic E-state index is 13.1. The van der Waals surface area contributed by atoms with Gasteiger partial charge >= 0.3 is 0 Å². The summed E-state index contributed by atoms with van der Waals surface area (Å²) in [5.74, 6) is 0.150. The van der Waals surface area contributed by atoms with Gasteiger partial charge < -0.3 is 14.8 Å². The predicted molar refractivity (Wildman–Crippen MR) is 124 cm³/mol. The van der Waals surface area contributed by atoms with E-state index in [-0.39, 0.29) is 35.7 Å². The first-order chi connectivity index (χ1) is 15.8. The van der Waals surface area contributed by atoms with Gasteiger partial charge in [0.1, 0.15) is 5.75 Å². The van der Waals surface area contributed by atoms with Crippen LogP contribution in [-0.2, 0) is 19.6 Å². The second kappa shape index (κ2) is 10.1. The minimum absolute atomic E-state index is 0.0667. The van der Waals surface area contributed by atoms with Gasteiger partial charge in [0.05, 0.1) is 35.7 Å². The number of carbonyl (C=O) groups excluding carboxylic acids is 1. The standard InChI is InChI=1S/C21H25N5O5S2/c1-15(2)31-18-7-6-16(33(28,29)25-9-11-30-12-10-25)13-17(18)22-20(27)14-32-21-24-23-19-5-3-4-8-26(19)21/h3-8,13,15H,9-12,14H2,1-2H3,(H,22,27). The Labute approximate surface area is 196 Å². The maximum Gasteiger partial charge on any atom is 0.243 e. The zero-order chi connectivity index (χ0) is 23.4. The Morgan fingerprint density at radius 1 is 1.21 bits per heavy atom. The van der Waals surface area contributed by atoms with Gasteiger partial charge in [0.25, 0.3) is 0 Å². The van der Waals surface area contributed by atoms with Crippen molar-refractivity contribution in [1.82, 2.24) is 18.9 Å². The molecule has 1 saturated heterocycles. The van der Waals surface area contributed by atoms with Crippen molar-refractivity contribution in [2.75, 3.05) is 37.4 Å². The number of benzene rings is 1. The molecule has 2 aromatic heterocycles. The fourth-order valence-electron chi connectivity index (χ4n) is 3.29. The molecule has 1 aliphatic heterocycles. The molecule has 0 aliphatic carbocycles. The summed E-state index contributed by atoms with van der Waals surface area (Å²) in [6.45, 7) is 5.00. The highest BCUT2D eigenvalue weighted by Crippen LogP contribution is 2.30. The van der Waals surface area contributed by atoms with Crippen LogP contribution in [0.4, 0.5) is 5.69 Å². The predicted octanol–water partition coefficient (Wildman–Crippen LogP) is 2.27. The van der Waals surface area contributed by atoms with E-state index in [9.17, 15) is 13.2 Å². The molecule has 33 heavy (non-hydrogen) atoms. The van der Waals surface area contributed by atoms with Gasteiger partial charge in [-0.1, -0.05) is 17.8 Å². The van der Waals surface area contributed by atoms with Crippen LogP contribution in [0.5, 0.6) is 5.75 Å². The average Bonchev–Trinajstić information content (AvgIpc) is 3.22. The SMILES string of the molecule is CC(C)Oc1ccc(S(=O)(=O)N2CCOCC2)cc1NC(=O)CSc1nnc2ccccn12. The molecule has 0 atom stereocenters. The van der Waals surface area contributed by atoms with Crippen LogP contribution < -0.4 is 10.1 Å². The molecule has 12 heteroatoms. The van der Waals surface area contributed by atoms with Crippen LogP contribution in [0.2, 0.25) is 0 Å². The van der Waals surface area contributed by atoms with Crippen LogP contribution in [0.3, 0.4) is 0 Å². The Kier molecular flexibility index (Phi) is 7.17. The van der Waals surface area contributed by atoms with Gasteiger partial charge in [-0.2, -0.15) is 4.31 Å². The zero-order valence-electron chi connectivity index (χ0n) is 18.3. The van der Waals surface area contributed by atoms with Gasteiger partial charge in [-0.05, 0) is 44.2 Å².